The molecule has 0 radical (unpaired) electrons. The van der Waals surface area contributed by atoms with E-state index in [1.54, 1.807) is 13.1 Å². The Bertz CT molecular complexity index is 156. The summed E-state index contributed by atoms with van der Waals surface area (Å²) in [6.07, 6.45) is 2.19. The van der Waals surface area contributed by atoms with Crippen LogP contribution in [-0.2, 0) is 4.74 Å². The topological polar surface area (TPSA) is 41.9 Å². The molecule has 0 fully saturated rings. The lowest BCUT2D eigenvalue weighted by atomic mass is 10.5. The second-order valence-electron chi connectivity index (χ2n) is 1.91. The molecule has 0 spiro atoms. The summed E-state index contributed by atoms with van der Waals surface area (Å²) in [6, 6.07) is 0. The van der Waals surface area contributed by atoms with Crippen molar-refractivity contribution in [1.29, 1.82) is 0 Å². The van der Waals surface area contributed by atoms with Gasteiger partial charge in [-0.05, 0) is 6.92 Å². The maximum Gasteiger partial charge on any atom is 0.430 e. The molecule has 0 bridgehead atoms. The summed E-state index contributed by atoms with van der Waals surface area (Å²) in [4.78, 5) is 10.8. The Balaban J connectivity index is 2.33. The third-order valence-electron chi connectivity index (χ3n) is 1.17. The van der Waals surface area contributed by atoms with E-state index in [9.17, 15) is 4.79 Å². The van der Waals surface area contributed by atoms with Gasteiger partial charge in [0.25, 0.3) is 0 Å². The van der Waals surface area contributed by atoms with E-state index in [-0.39, 0.29) is 6.09 Å². The van der Waals surface area contributed by atoms with Crippen LogP contribution in [0.2, 0.25) is 0 Å². The van der Waals surface area contributed by atoms with Gasteiger partial charge in [0.15, 0.2) is 0 Å². The van der Waals surface area contributed by atoms with E-state index in [4.69, 9.17) is 4.74 Å². The minimum absolute atomic E-state index is 0.351. The Morgan fingerprint density at radius 3 is 3.20 bits per heavy atom. The first-order chi connectivity index (χ1) is 4.84. The zero-order chi connectivity index (χ0) is 7.40. The maximum atomic E-state index is 10.8. The van der Waals surface area contributed by atoms with Crippen molar-refractivity contribution in [3.63, 3.8) is 0 Å². The molecule has 0 N–H and O–H groups in total. The van der Waals surface area contributed by atoms with Gasteiger partial charge in [-0.3, -0.25) is 0 Å². The maximum absolute atomic E-state index is 10.8. The molecule has 4 heteroatoms. The SMILES string of the molecule is CCOC(=O)N1CCC=N1. The second-order valence-corrected chi connectivity index (χ2v) is 1.91. The first-order valence-corrected chi connectivity index (χ1v) is 3.31. The second kappa shape index (κ2) is 3.20. The van der Waals surface area contributed by atoms with Crippen molar-refractivity contribution in [2.75, 3.05) is 13.2 Å². The van der Waals surface area contributed by atoms with Crippen LogP contribution in [0.3, 0.4) is 0 Å². The molecule has 1 rings (SSSR count). The highest BCUT2D eigenvalue weighted by molar-refractivity contribution is 5.72. The van der Waals surface area contributed by atoms with Gasteiger partial charge in [-0.25, -0.2) is 4.79 Å². The van der Waals surface area contributed by atoms with Gasteiger partial charge in [0.05, 0.1) is 13.2 Å². The lowest BCUT2D eigenvalue weighted by Crippen LogP contribution is -2.24. The molecule has 0 aromatic heterocycles. The number of hydrogen-bond donors (Lipinski definition) is 0. The van der Waals surface area contributed by atoms with E-state index in [2.05, 4.69) is 5.10 Å². The monoisotopic (exact) mass is 142 g/mol. The molecule has 0 aromatic rings. The van der Waals surface area contributed by atoms with Crippen LogP contribution in [0.25, 0.3) is 0 Å². The van der Waals surface area contributed by atoms with E-state index < -0.39 is 0 Å². The normalized spacial score (nSPS) is 15.9. The van der Waals surface area contributed by atoms with Gasteiger partial charge in [-0.1, -0.05) is 0 Å². The van der Waals surface area contributed by atoms with Crippen molar-refractivity contribution < 1.29 is 9.53 Å². The molecule has 0 aromatic carbocycles. The zero-order valence-corrected chi connectivity index (χ0v) is 5.91. The first kappa shape index (κ1) is 7.05. The molecule has 1 amide bonds. The van der Waals surface area contributed by atoms with Crippen LogP contribution in [-0.4, -0.2) is 30.5 Å². The highest BCUT2D eigenvalue weighted by atomic mass is 16.6. The van der Waals surface area contributed by atoms with Gasteiger partial charge in [0.1, 0.15) is 0 Å². The summed E-state index contributed by atoms with van der Waals surface area (Å²) < 4.78 is 4.70. The minimum Gasteiger partial charge on any atom is -0.448 e. The minimum atomic E-state index is -0.351. The summed E-state index contributed by atoms with van der Waals surface area (Å²) in [7, 11) is 0. The number of nitrogens with zero attached hydrogens (tertiary/aromatic N) is 2. The Kier molecular flexibility index (Phi) is 2.25. The van der Waals surface area contributed by atoms with E-state index in [1.807, 2.05) is 0 Å². The molecule has 0 atom stereocenters. The molecule has 0 unspecified atom stereocenters. The fourth-order valence-corrected chi connectivity index (χ4v) is 0.730. The third kappa shape index (κ3) is 1.46. The van der Waals surface area contributed by atoms with Gasteiger partial charge in [-0.15, -0.1) is 0 Å². The standard InChI is InChI=1S/C6H10N2O2/c1-2-10-6(9)8-5-3-4-7-8/h4H,2-3,5H2,1H3. The van der Waals surface area contributed by atoms with Crippen LogP contribution in [0.5, 0.6) is 0 Å². The fourth-order valence-electron chi connectivity index (χ4n) is 0.730. The molecule has 56 valence electrons. The Labute approximate surface area is 59.5 Å². The van der Waals surface area contributed by atoms with Crippen molar-refractivity contribution in [3.05, 3.63) is 0 Å². The van der Waals surface area contributed by atoms with Crippen LogP contribution < -0.4 is 0 Å². The van der Waals surface area contributed by atoms with Gasteiger partial charge in [-0.2, -0.15) is 10.1 Å². The van der Waals surface area contributed by atoms with E-state index >= 15 is 0 Å². The fraction of sp³-hybridized carbons (Fsp3) is 0.667. The van der Waals surface area contributed by atoms with Crippen LogP contribution in [0.15, 0.2) is 5.10 Å². The molecule has 1 aliphatic rings. The van der Waals surface area contributed by atoms with Gasteiger partial charge in [0, 0.05) is 12.6 Å². The van der Waals surface area contributed by atoms with E-state index in [1.165, 1.54) is 5.01 Å². The lowest BCUT2D eigenvalue weighted by molar-refractivity contribution is 0.112. The van der Waals surface area contributed by atoms with Crippen molar-refractivity contribution >= 4 is 12.3 Å². The quantitative estimate of drug-likeness (QED) is 0.544. The van der Waals surface area contributed by atoms with Crippen molar-refractivity contribution in [1.82, 2.24) is 5.01 Å². The number of amides is 1. The van der Waals surface area contributed by atoms with E-state index in [0.29, 0.717) is 13.2 Å². The Hall–Kier alpha value is -1.06. The number of rotatable bonds is 1. The first-order valence-electron chi connectivity index (χ1n) is 3.31. The molecular formula is C6H10N2O2. The van der Waals surface area contributed by atoms with Gasteiger partial charge >= 0.3 is 6.09 Å². The Morgan fingerprint density at radius 1 is 1.90 bits per heavy atom. The summed E-state index contributed by atoms with van der Waals surface area (Å²) in [5, 5.41) is 5.11. The highest BCUT2D eigenvalue weighted by Crippen LogP contribution is 2.01. The number of hydrogen-bond acceptors (Lipinski definition) is 3. The number of ether oxygens (including phenoxy) is 1. The molecule has 4 nitrogen and oxygen atoms in total. The number of hydrazone groups is 1. The molecule has 1 heterocycles. The molecule has 0 saturated heterocycles. The van der Waals surface area contributed by atoms with Crippen molar-refractivity contribution in [2.24, 2.45) is 5.10 Å². The van der Waals surface area contributed by atoms with Crippen LogP contribution >= 0.6 is 0 Å². The third-order valence-corrected chi connectivity index (χ3v) is 1.17. The average Bonchev–Trinajstić information content (AvgIpc) is 2.38. The van der Waals surface area contributed by atoms with Crippen molar-refractivity contribution in [2.45, 2.75) is 13.3 Å². The zero-order valence-electron chi connectivity index (χ0n) is 5.91. The van der Waals surface area contributed by atoms with E-state index in [0.717, 1.165) is 6.42 Å². The van der Waals surface area contributed by atoms with Crippen LogP contribution in [0.1, 0.15) is 13.3 Å². The largest absolute Gasteiger partial charge is 0.448 e. The predicted octanol–water partition coefficient (Wildman–Crippen LogP) is 0.834. The summed E-state index contributed by atoms with van der Waals surface area (Å²) in [6.45, 7) is 2.83. The number of carbonyl (C=O) groups is 1. The molecule has 0 aliphatic carbocycles. The Morgan fingerprint density at radius 2 is 2.70 bits per heavy atom. The molecule has 0 saturated carbocycles. The van der Waals surface area contributed by atoms with Gasteiger partial charge in [0.2, 0.25) is 0 Å². The summed E-state index contributed by atoms with van der Waals surface area (Å²) in [5.74, 6) is 0. The average molecular weight is 142 g/mol. The highest BCUT2D eigenvalue weighted by Gasteiger charge is 2.14. The molecule has 10 heavy (non-hydrogen) atoms. The molecule has 1 aliphatic heterocycles. The summed E-state index contributed by atoms with van der Waals surface area (Å²) in [5.41, 5.74) is 0. The smallest absolute Gasteiger partial charge is 0.430 e. The number of carbonyl (C=O) groups excluding carboxylic acids is 1. The van der Waals surface area contributed by atoms with Crippen molar-refractivity contribution in [3.8, 4) is 0 Å². The van der Waals surface area contributed by atoms with Crippen LogP contribution in [0.4, 0.5) is 4.79 Å². The lowest BCUT2D eigenvalue weighted by Gasteiger charge is -2.09. The van der Waals surface area contributed by atoms with Gasteiger partial charge < -0.3 is 4.74 Å². The summed E-state index contributed by atoms with van der Waals surface area (Å²) >= 11 is 0. The molecular weight excluding hydrogens is 132 g/mol. The predicted molar refractivity (Wildman–Crippen MR) is 36.8 cm³/mol. The van der Waals surface area contributed by atoms with Crippen LogP contribution in [0, 0.1) is 0 Å².